The van der Waals surface area contributed by atoms with Crippen molar-refractivity contribution in [2.75, 3.05) is 32.9 Å². The third kappa shape index (κ3) is 6.17. The zero-order valence-corrected chi connectivity index (χ0v) is 17.5. The molecule has 1 saturated heterocycles. The quantitative estimate of drug-likeness (QED) is 0.596. The van der Waals surface area contributed by atoms with Gasteiger partial charge in [0.2, 0.25) is 11.8 Å². The standard InChI is InChI=1S/C21H26FN3O6/c1-3-28-10-11-29-16-4-5-18(17(22)12-16)31-20-14(2)19(23-13-24-20)30-15-6-8-25(9-7-15)21(26)27/h4-5,12-13,15H,3,6-11H2,1-2H3,(H,26,27). The minimum absolute atomic E-state index is 0.000301. The van der Waals surface area contributed by atoms with Crippen molar-refractivity contribution >= 4 is 6.09 Å². The third-order valence-corrected chi connectivity index (χ3v) is 4.79. The summed E-state index contributed by atoms with van der Waals surface area (Å²) in [5.74, 6) is 0.294. The number of likely N-dealkylation sites (tertiary alicyclic amines) is 1. The van der Waals surface area contributed by atoms with E-state index in [0.717, 1.165) is 0 Å². The van der Waals surface area contributed by atoms with Crippen molar-refractivity contribution in [2.45, 2.75) is 32.8 Å². The Morgan fingerprint density at radius 1 is 1.23 bits per heavy atom. The van der Waals surface area contributed by atoms with E-state index < -0.39 is 11.9 Å². The number of rotatable bonds is 9. The highest BCUT2D eigenvalue weighted by Crippen LogP contribution is 2.31. The van der Waals surface area contributed by atoms with Crippen LogP contribution in [0.2, 0.25) is 0 Å². The van der Waals surface area contributed by atoms with Gasteiger partial charge >= 0.3 is 6.09 Å². The van der Waals surface area contributed by atoms with Crippen LogP contribution in [-0.2, 0) is 4.74 Å². The van der Waals surface area contributed by atoms with Gasteiger partial charge in [0.15, 0.2) is 11.6 Å². The summed E-state index contributed by atoms with van der Waals surface area (Å²) < 4.78 is 36.7. The van der Waals surface area contributed by atoms with Crippen LogP contribution in [0.25, 0.3) is 0 Å². The fraction of sp³-hybridized carbons (Fsp3) is 0.476. The molecule has 2 heterocycles. The number of amides is 1. The molecule has 0 spiro atoms. The van der Waals surface area contributed by atoms with Gasteiger partial charge in [0.1, 0.15) is 24.8 Å². The molecular formula is C21H26FN3O6. The lowest BCUT2D eigenvalue weighted by molar-refractivity contribution is 0.0864. The fourth-order valence-corrected chi connectivity index (χ4v) is 3.08. The molecule has 0 unspecified atom stereocenters. The number of piperidine rings is 1. The largest absolute Gasteiger partial charge is 0.491 e. The van der Waals surface area contributed by atoms with Gasteiger partial charge in [0, 0.05) is 38.6 Å². The molecule has 0 saturated carbocycles. The number of carboxylic acid groups (broad SMARTS) is 1. The van der Waals surface area contributed by atoms with Gasteiger partial charge in [0.05, 0.1) is 12.2 Å². The molecule has 0 atom stereocenters. The van der Waals surface area contributed by atoms with Gasteiger partial charge in [-0.15, -0.1) is 0 Å². The summed E-state index contributed by atoms with van der Waals surface area (Å²) in [5, 5.41) is 9.04. The highest BCUT2D eigenvalue weighted by atomic mass is 19.1. The van der Waals surface area contributed by atoms with Gasteiger partial charge in [-0.05, 0) is 26.0 Å². The lowest BCUT2D eigenvalue weighted by Gasteiger charge is -2.30. The highest BCUT2D eigenvalue weighted by Gasteiger charge is 2.25. The van der Waals surface area contributed by atoms with Crippen LogP contribution in [-0.4, -0.2) is 65.1 Å². The van der Waals surface area contributed by atoms with Crippen molar-refractivity contribution in [3.8, 4) is 23.3 Å². The molecule has 168 valence electrons. The summed E-state index contributed by atoms with van der Waals surface area (Å²) in [5.41, 5.74) is 0.527. The Kier molecular flexibility index (Phi) is 7.82. The molecule has 1 fully saturated rings. The first-order valence-corrected chi connectivity index (χ1v) is 10.1. The normalized spacial score (nSPS) is 14.4. The Hall–Kier alpha value is -3.14. The Labute approximate surface area is 179 Å². The number of carbonyl (C=O) groups is 1. The van der Waals surface area contributed by atoms with Gasteiger partial charge in [-0.1, -0.05) is 0 Å². The smallest absolute Gasteiger partial charge is 0.407 e. The molecule has 9 nitrogen and oxygen atoms in total. The lowest BCUT2D eigenvalue weighted by atomic mass is 10.1. The Morgan fingerprint density at radius 2 is 1.97 bits per heavy atom. The van der Waals surface area contributed by atoms with Crippen LogP contribution in [0.5, 0.6) is 23.3 Å². The van der Waals surface area contributed by atoms with Crippen LogP contribution >= 0.6 is 0 Å². The summed E-state index contributed by atoms with van der Waals surface area (Å²) in [6, 6.07) is 4.31. The molecule has 31 heavy (non-hydrogen) atoms. The van der Waals surface area contributed by atoms with Gasteiger partial charge in [0.25, 0.3) is 0 Å². The second-order valence-electron chi connectivity index (χ2n) is 6.94. The van der Waals surface area contributed by atoms with Crippen molar-refractivity contribution in [2.24, 2.45) is 0 Å². The summed E-state index contributed by atoms with van der Waals surface area (Å²) in [6.07, 6.45) is 1.31. The maximum Gasteiger partial charge on any atom is 0.407 e. The summed E-state index contributed by atoms with van der Waals surface area (Å²) in [7, 11) is 0. The predicted molar refractivity (Wildman–Crippen MR) is 108 cm³/mol. The maximum absolute atomic E-state index is 14.5. The van der Waals surface area contributed by atoms with E-state index in [1.165, 1.54) is 23.4 Å². The minimum Gasteiger partial charge on any atom is -0.491 e. The van der Waals surface area contributed by atoms with Crippen LogP contribution in [0.4, 0.5) is 9.18 Å². The van der Waals surface area contributed by atoms with Crippen molar-refractivity contribution in [1.82, 2.24) is 14.9 Å². The molecule has 0 radical (unpaired) electrons. The van der Waals surface area contributed by atoms with Crippen LogP contribution in [0.3, 0.4) is 0 Å². The summed E-state index contributed by atoms with van der Waals surface area (Å²) in [6.45, 7) is 5.75. The summed E-state index contributed by atoms with van der Waals surface area (Å²) in [4.78, 5) is 20.6. The van der Waals surface area contributed by atoms with Gasteiger partial charge in [-0.25, -0.2) is 19.2 Å². The van der Waals surface area contributed by atoms with Crippen molar-refractivity contribution in [3.05, 3.63) is 35.9 Å². The summed E-state index contributed by atoms with van der Waals surface area (Å²) >= 11 is 0. The number of hydrogen-bond acceptors (Lipinski definition) is 7. The van der Waals surface area contributed by atoms with Crippen LogP contribution in [0, 0.1) is 12.7 Å². The van der Waals surface area contributed by atoms with Crippen LogP contribution < -0.4 is 14.2 Å². The Bertz CT molecular complexity index is 889. The Balaban J connectivity index is 1.62. The first kappa shape index (κ1) is 22.5. The first-order chi connectivity index (χ1) is 15.0. The molecule has 0 bridgehead atoms. The number of aromatic nitrogens is 2. The molecule has 3 rings (SSSR count). The molecule has 10 heteroatoms. The van der Waals surface area contributed by atoms with E-state index in [0.29, 0.717) is 62.9 Å². The topological polar surface area (TPSA) is 103 Å². The monoisotopic (exact) mass is 435 g/mol. The zero-order valence-electron chi connectivity index (χ0n) is 17.5. The van der Waals surface area contributed by atoms with Crippen LogP contribution in [0.15, 0.2) is 24.5 Å². The second kappa shape index (κ2) is 10.8. The van der Waals surface area contributed by atoms with Gasteiger partial charge < -0.3 is 29.0 Å². The maximum atomic E-state index is 14.5. The predicted octanol–water partition coefficient (Wildman–Crippen LogP) is 3.65. The van der Waals surface area contributed by atoms with E-state index in [1.807, 2.05) is 6.92 Å². The van der Waals surface area contributed by atoms with E-state index in [-0.39, 0.29) is 17.7 Å². The van der Waals surface area contributed by atoms with E-state index in [4.69, 9.17) is 24.1 Å². The molecule has 1 aliphatic heterocycles. The molecule has 0 aliphatic carbocycles. The van der Waals surface area contributed by atoms with E-state index >= 15 is 0 Å². The van der Waals surface area contributed by atoms with E-state index in [9.17, 15) is 9.18 Å². The molecular weight excluding hydrogens is 409 g/mol. The van der Waals surface area contributed by atoms with Crippen molar-refractivity contribution < 1.29 is 33.2 Å². The Morgan fingerprint density at radius 3 is 2.65 bits per heavy atom. The number of halogens is 1. The molecule has 1 N–H and O–H groups in total. The van der Waals surface area contributed by atoms with Gasteiger partial charge in [-0.3, -0.25) is 0 Å². The SMILES string of the molecule is CCOCCOc1ccc(Oc2ncnc(OC3CCN(C(=O)O)CC3)c2C)c(F)c1. The van der Waals surface area contributed by atoms with E-state index in [1.54, 1.807) is 13.0 Å². The van der Waals surface area contributed by atoms with Crippen LogP contribution in [0.1, 0.15) is 25.3 Å². The lowest BCUT2D eigenvalue weighted by Crippen LogP contribution is -2.41. The van der Waals surface area contributed by atoms with Crippen molar-refractivity contribution in [3.63, 3.8) is 0 Å². The second-order valence-corrected chi connectivity index (χ2v) is 6.94. The number of ether oxygens (including phenoxy) is 4. The molecule has 1 amide bonds. The molecule has 2 aromatic rings. The van der Waals surface area contributed by atoms with Crippen molar-refractivity contribution in [1.29, 1.82) is 0 Å². The fourth-order valence-electron chi connectivity index (χ4n) is 3.08. The number of benzene rings is 1. The highest BCUT2D eigenvalue weighted by molar-refractivity contribution is 5.65. The molecule has 1 aromatic heterocycles. The molecule has 1 aromatic carbocycles. The number of hydrogen-bond donors (Lipinski definition) is 1. The minimum atomic E-state index is -0.930. The zero-order chi connectivity index (χ0) is 22.2. The van der Waals surface area contributed by atoms with E-state index in [2.05, 4.69) is 9.97 Å². The average molecular weight is 435 g/mol. The average Bonchev–Trinajstić information content (AvgIpc) is 2.76. The number of nitrogens with zero attached hydrogens (tertiary/aromatic N) is 3. The first-order valence-electron chi connectivity index (χ1n) is 10.1. The van der Waals surface area contributed by atoms with Gasteiger partial charge in [-0.2, -0.15) is 0 Å². The molecule has 1 aliphatic rings. The third-order valence-electron chi connectivity index (χ3n) is 4.79.